The molecule has 0 N–H and O–H groups in total. The summed E-state index contributed by atoms with van der Waals surface area (Å²) in [5.41, 5.74) is 1.61. The van der Waals surface area contributed by atoms with E-state index in [4.69, 9.17) is 20.0 Å². The summed E-state index contributed by atoms with van der Waals surface area (Å²) in [5.74, 6) is 0.479. The summed E-state index contributed by atoms with van der Waals surface area (Å²) >= 11 is 0. The Morgan fingerprint density at radius 3 is 2.38 bits per heavy atom. The highest BCUT2D eigenvalue weighted by Crippen LogP contribution is 2.17. The third-order valence-corrected chi connectivity index (χ3v) is 3.10. The summed E-state index contributed by atoms with van der Waals surface area (Å²) in [5, 5.41) is 17.4. The molecule has 24 heavy (non-hydrogen) atoms. The first kappa shape index (κ1) is 16.8. The van der Waals surface area contributed by atoms with Crippen molar-refractivity contribution in [1.29, 1.82) is 10.5 Å². The lowest BCUT2D eigenvalue weighted by atomic mass is 10.1. The zero-order valence-corrected chi connectivity index (χ0v) is 13.0. The highest BCUT2D eigenvalue weighted by Gasteiger charge is 2.07. The molecule has 0 saturated carbocycles. The molecule has 0 spiro atoms. The fraction of sp³-hybridized carbons (Fsp3) is 0.105. The van der Waals surface area contributed by atoms with E-state index in [1.54, 1.807) is 42.5 Å². The molecule has 118 valence electrons. The smallest absolute Gasteiger partial charge is 0.349 e. The predicted molar refractivity (Wildman–Crippen MR) is 88.0 cm³/mol. The topological polar surface area (TPSA) is 83.1 Å². The first-order chi connectivity index (χ1) is 11.6. The van der Waals surface area contributed by atoms with Gasteiger partial charge < -0.3 is 9.47 Å². The van der Waals surface area contributed by atoms with E-state index in [0.717, 1.165) is 5.56 Å². The quantitative estimate of drug-likeness (QED) is 0.479. The van der Waals surface area contributed by atoms with Crippen LogP contribution in [0.4, 0.5) is 0 Å². The number of carbonyl (C=O) groups is 1. The van der Waals surface area contributed by atoms with Gasteiger partial charge in [-0.3, -0.25) is 0 Å². The molecule has 0 fully saturated rings. The van der Waals surface area contributed by atoms with E-state index in [1.807, 2.05) is 25.1 Å². The van der Waals surface area contributed by atoms with Crippen LogP contribution in [0.1, 0.15) is 11.1 Å². The summed E-state index contributed by atoms with van der Waals surface area (Å²) in [6.07, 6.45) is 1.45. The molecule has 0 saturated heterocycles. The van der Waals surface area contributed by atoms with Crippen molar-refractivity contribution in [3.63, 3.8) is 0 Å². The molecule has 2 aromatic rings. The van der Waals surface area contributed by atoms with Crippen LogP contribution in [0.5, 0.6) is 11.5 Å². The van der Waals surface area contributed by atoms with Crippen molar-refractivity contribution in [1.82, 2.24) is 0 Å². The largest absolute Gasteiger partial charge is 0.482 e. The van der Waals surface area contributed by atoms with Gasteiger partial charge in [0.15, 0.2) is 6.61 Å². The molecule has 0 aliphatic carbocycles. The van der Waals surface area contributed by atoms with Gasteiger partial charge in [-0.1, -0.05) is 30.3 Å². The Balaban J connectivity index is 1.93. The zero-order valence-electron chi connectivity index (χ0n) is 13.0. The van der Waals surface area contributed by atoms with Gasteiger partial charge in [0.25, 0.3) is 0 Å². The van der Waals surface area contributed by atoms with E-state index in [-0.39, 0.29) is 12.2 Å². The van der Waals surface area contributed by atoms with E-state index in [0.29, 0.717) is 17.1 Å². The lowest BCUT2D eigenvalue weighted by Crippen LogP contribution is -2.17. The number of carbonyl (C=O) groups excluding carboxylic acids is 1. The number of esters is 1. The van der Waals surface area contributed by atoms with Crippen molar-refractivity contribution in [2.75, 3.05) is 6.61 Å². The highest BCUT2D eigenvalue weighted by atomic mass is 16.6. The number of allylic oxidation sites excluding steroid dienone is 1. The summed E-state index contributed by atoms with van der Waals surface area (Å²) in [7, 11) is 0. The van der Waals surface area contributed by atoms with Gasteiger partial charge in [-0.15, -0.1) is 0 Å². The first-order valence-corrected chi connectivity index (χ1v) is 7.13. The summed E-state index contributed by atoms with van der Waals surface area (Å²) in [6.45, 7) is 1.70. The van der Waals surface area contributed by atoms with E-state index in [1.165, 1.54) is 6.08 Å². The lowest BCUT2D eigenvalue weighted by molar-refractivity contribution is -0.136. The molecular formula is C19H14N2O3. The molecule has 0 atom stereocenters. The number of hydrogen-bond acceptors (Lipinski definition) is 5. The fourth-order valence-corrected chi connectivity index (χ4v) is 1.90. The Morgan fingerprint density at radius 2 is 1.75 bits per heavy atom. The Morgan fingerprint density at radius 1 is 1.08 bits per heavy atom. The van der Waals surface area contributed by atoms with Crippen LogP contribution in [0.25, 0.3) is 6.08 Å². The minimum absolute atomic E-state index is 0.00590. The number of hydrogen-bond donors (Lipinski definition) is 0. The van der Waals surface area contributed by atoms with Crippen LogP contribution in [-0.4, -0.2) is 12.6 Å². The van der Waals surface area contributed by atoms with Crippen LogP contribution in [0.15, 0.2) is 54.1 Å². The molecular weight excluding hydrogens is 304 g/mol. The Labute approximate surface area is 140 Å². The SMILES string of the molecule is Cc1ccccc1OCC(=O)Oc1ccc(C=C(C#N)C#N)cc1. The molecule has 0 bridgehead atoms. The lowest BCUT2D eigenvalue weighted by Gasteiger charge is -2.08. The maximum atomic E-state index is 11.8. The van der Waals surface area contributed by atoms with Crippen LogP contribution >= 0.6 is 0 Å². The van der Waals surface area contributed by atoms with Crippen molar-refractivity contribution >= 4 is 12.0 Å². The molecule has 0 aliphatic heterocycles. The summed E-state index contributed by atoms with van der Waals surface area (Å²) in [4.78, 5) is 11.8. The monoisotopic (exact) mass is 318 g/mol. The van der Waals surface area contributed by atoms with Gasteiger partial charge >= 0.3 is 5.97 Å². The van der Waals surface area contributed by atoms with Crippen LogP contribution in [0.3, 0.4) is 0 Å². The van der Waals surface area contributed by atoms with Crippen molar-refractivity contribution in [3.05, 3.63) is 65.2 Å². The third-order valence-electron chi connectivity index (χ3n) is 3.10. The number of aryl methyl sites for hydroxylation is 1. The molecule has 0 heterocycles. The number of nitriles is 2. The number of benzene rings is 2. The second kappa shape index (κ2) is 8.17. The van der Waals surface area contributed by atoms with Gasteiger partial charge in [-0.05, 0) is 42.3 Å². The van der Waals surface area contributed by atoms with E-state index in [9.17, 15) is 4.79 Å². The average Bonchev–Trinajstić information content (AvgIpc) is 2.60. The number of ether oxygens (including phenoxy) is 2. The Bertz CT molecular complexity index is 824. The molecule has 0 amide bonds. The molecule has 0 radical (unpaired) electrons. The fourth-order valence-electron chi connectivity index (χ4n) is 1.90. The van der Waals surface area contributed by atoms with Crippen LogP contribution in [0, 0.1) is 29.6 Å². The van der Waals surface area contributed by atoms with Crippen LogP contribution in [-0.2, 0) is 4.79 Å². The average molecular weight is 318 g/mol. The number of rotatable bonds is 5. The van der Waals surface area contributed by atoms with E-state index >= 15 is 0 Å². The van der Waals surface area contributed by atoms with Crippen LogP contribution < -0.4 is 9.47 Å². The zero-order chi connectivity index (χ0) is 17.4. The van der Waals surface area contributed by atoms with Gasteiger partial charge in [0.1, 0.15) is 29.2 Å². The second-order valence-corrected chi connectivity index (χ2v) is 4.88. The minimum Gasteiger partial charge on any atom is -0.482 e. The first-order valence-electron chi connectivity index (χ1n) is 7.13. The van der Waals surface area contributed by atoms with Crippen molar-refractivity contribution in [2.24, 2.45) is 0 Å². The molecule has 0 aliphatic rings. The number of nitrogens with zero attached hydrogens (tertiary/aromatic N) is 2. The van der Waals surface area contributed by atoms with Gasteiger partial charge in [0.2, 0.25) is 0 Å². The summed E-state index contributed by atoms with van der Waals surface area (Å²) < 4.78 is 10.6. The predicted octanol–water partition coefficient (Wildman–Crippen LogP) is 3.41. The molecule has 5 heteroatoms. The summed E-state index contributed by atoms with van der Waals surface area (Å²) in [6, 6.07) is 17.4. The highest BCUT2D eigenvalue weighted by molar-refractivity contribution is 5.74. The standard InChI is InChI=1S/C19H14N2O3/c1-14-4-2-3-5-18(14)23-13-19(22)24-17-8-6-15(7-9-17)10-16(11-20)12-21/h2-10H,13H2,1H3. The molecule has 0 aromatic heterocycles. The maximum Gasteiger partial charge on any atom is 0.349 e. The van der Waals surface area contributed by atoms with Gasteiger partial charge in [0.05, 0.1) is 0 Å². The van der Waals surface area contributed by atoms with Gasteiger partial charge in [-0.25, -0.2) is 4.79 Å². The van der Waals surface area contributed by atoms with E-state index < -0.39 is 5.97 Å². The van der Waals surface area contributed by atoms with Gasteiger partial charge in [-0.2, -0.15) is 10.5 Å². The molecule has 2 rings (SSSR count). The maximum absolute atomic E-state index is 11.8. The molecule has 0 unspecified atom stereocenters. The van der Waals surface area contributed by atoms with Crippen molar-refractivity contribution in [2.45, 2.75) is 6.92 Å². The van der Waals surface area contributed by atoms with Crippen molar-refractivity contribution < 1.29 is 14.3 Å². The Hall–Kier alpha value is -3.57. The second-order valence-electron chi connectivity index (χ2n) is 4.88. The van der Waals surface area contributed by atoms with Gasteiger partial charge in [0, 0.05) is 0 Å². The van der Waals surface area contributed by atoms with Crippen LogP contribution in [0.2, 0.25) is 0 Å². The third kappa shape index (κ3) is 4.72. The number of para-hydroxylation sites is 1. The van der Waals surface area contributed by atoms with Crippen molar-refractivity contribution in [3.8, 4) is 23.6 Å². The Kier molecular flexibility index (Phi) is 5.71. The molecule has 2 aromatic carbocycles. The molecule has 5 nitrogen and oxygen atoms in total. The normalized spacial score (nSPS) is 9.29. The minimum atomic E-state index is -0.517. The van der Waals surface area contributed by atoms with E-state index in [2.05, 4.69) is 0 Å².